The summed E-state index contributed by atoms with van der Waals surface area (Å²) in [5.74, 6) is -0.168. The number of nitrogens with one attached hydrogen (secondary N) is 2. The molecule has 0 unspecified atom stereocenters. The summed E-state index contributed by atoms with van der Waals surface area (Å²) < 4.78 is 29.1. The van der Waals surface area contributed by atoms with E-state index in [-0.39, 0.29) is 18.2 Å². The van der Waals surface area contributed by atoms with Crippen molar-refractivity contribution < 1.29 is 13.2 Å². The van der Waals surface area contributed by atoms with Crippen molar-refractivity contribution in [1.82, 2.24) is 14.6 Å². The van der Waals surface area contributed by atoms with Crippen LogP contribution in [0.25, 0.3) is 22.0 Å². The van der Waals surface area contributed by atoms with Crippen molar-refractivity contribution in [2.24, 2.45) is 5.73 Å². The third-order valence-corrected chi connectivity index (χ3v) is 11.4. The van der Waals surface area contributed by atoms with E-state index < -0.39 is 10.0 Å². The first-order valence-electron chi connectivity index (χ1n) is 14.2. The van der Waals surface area contributed by atoms with Gasteiger partial charge in [-0.1, -0.05) is 60.7 Å². The first kappa shape index (κ1) is 28.4. The molecule has 3 heterocycles. The molecule has 1 aliphatic rings. The Hall–Kier alpha value is -3.76. The molecule has 0 spiro atoms. The molecular weight excluding hydrogens is 565 g/mol. The number of H-pyrrole nitrogens is 1. The van der Waals surface area contributed by atoms with Crippen LogP contribution in [0.2, 0.25) is 0 Å². The molecule has 7 nitrogen and oxygen atoms in total. The predicted molar refractivity (Wildman–Crippen MR) is 169 cm³/mol. The minimum absolute atomic E-state index is 0.151. The van der Waals surface area contributed by atoms with Crippen LogP contribution in [0.3, 0.4) is 0 Å². The van der Waals surface area contributed by atoms with Gasteiger partial charge in [0.1, 0.15) is 4.21 Å². The van der Waals surface area contributed by atoms with Crippen LogP contribution in [0, 0.1) is 0 Å². The van der Waals surface area contributed by atoms with Gasteiger partial charge in [0, 0.05) is 48.2 Å². The maximum Gasteiger partial charge on any atom is 0.252 e. The zero-order valence-electron chi connectivity index (χ0n) is 23.3. The number of nitrogens with zero attached hydrogens (tertiary/aromatic N) is 1. The number of aromatic amines is 1. The summed E-state index contributed by atoms with van der Waals surface area (Å²) in [6, 6.07) is 28.1. The van der Waals surface area contributed by atoms with Crippen molar-refractivity contribution in [3.8, 4) is 11.1 Å². The molecule has 9 heteroatoms. The maximum atomic E-state index is 13.5. The molecule has 42 heavy (non-hydrogen) atoms. The summed E-state index contributed by atoms with van der Waals surface area (Å²) in [5.41, 5.74) is 11.8. The van der Waals surface area contributed by atoms with Crippen molar-refractivity contribution in [2.75, 3.05) is 13.1 Å². The van der Waals surface area contributed by atoms with Crippen LogP contribution in [-0.2, 0) is 34.3 Å². The molecule has 1 amide bonds. The number of sulfonamides is 1. The molecular formula is C33H34N4O3S2. The summed E-state index contributed by atoms with van der Waals surface area (Å²) >= 11 is 1.34. The minimum Gasteiger partial charge on any atom is -0.369 e. The molecule has 2 aromatic heterocycles. The Kier molecular flexibility index (Phi) is 8.26. The molecule has 5 aromatic rings. The zero-order chi connectivity index (χ0) is 29.1. The quantitative estimate of drug-likeness (QED) is 0.189. The fourth-order valence-electron chi connectivity index (χ4n) is 5.84. The highest BCUT2D eigenvalue weighted by Crippen LogP contribution is 2.38. The number of nitrogens with two attached hydrogens (primary N) is 1. The highest BCUT2D eigenvalue weighted by molar-refractivity contribution is 7.91. The minimum atomic E-state index is -3.55. The first-order chi connectivity index (χ1) is 20.4. The molecule has 0 atom stereocenters. The average Bonchev–Trinajstić information content (AvgIpc) is 3.66. The van der Waals surface area contributed by atoms with Crippen molar-refractivity contribution >= 4 is 38.2 Å². The molecule has 3 aromatic carbocycles. The smallest absolute Gasteiger partial charge is 0.252 e. The monoisotopic (exact) mass is 598 g/mol. The van der Waals surface area contributed by atoms with Crippen LogP contribution in [0.1, 0.15) is 40.3 Å². The van der Waals surface area contributed by atoms with Gasteiger partial charge in [-0.25, -0.2) is 8.42 Å². The van der Waals surface area contributed by atoms with Crippen LogP contribution in [0.5, 0.6) is 0 Å². The number of piperidine rings is 1. The van der Waals surface area contributed by atoms with Crippen molar-refractivity contribution in [3.63, 3.8) is 0 Å². The summed E-state index contributed by atoms with van der Waals surface area (Å²) in [6.45, 7) is 2.29. The number of rotatable bonds is 10. The summed E-state index contributed by atoms with van der Waals surface area (Å²) in [7, 11) is -3.55. The second-order valence-electron chi connectivity index (χ2n) is 10.8. The normalized spacial score (nSPS) is 14.9. The molecule has 6 rings (SSSR count). The summed E-state index contributed by atoms with van der Waals surface area (Å²) in [4.78, 5) is 16.3. The van der Waals surface area contributed by atoms with E-state index >= 15 is 0 Å². The number of thiophene rings is 1. The highest BCUT2D eigenvalue weighted by Gasteiger charge is 2.32. The lowest BCUT2D eigenvalue weighted by Gasteiger charge is -2.30. The van der Waals surface area contributed by atoms with E-state index in [0.29, 0.717) is 23.8 Å². The SMILES string of the molecule is NC(=O)Cc1cc(-c2ccccc2)cc2c(C3CCN(S(=O)(=O)c4ccc(CNCc5ccccc5)s4)CC3)c[nH]c12. The third kappa shape index (κ3) is 6.05. The molecule has 0 aliphatic carbocycles. The Balaban J connectivity index is 1.16. The van der Waals surface area contributed by atoms with E-state index in [1.54, 1.807) is 10.4 Å². The number of fused-ring (bicyclic) bond motifs is 1. The van der Waals surface area contributed by atoms with Crippen LogP contribution in [0.4, 0.5) is 0 Å². The maximum absolute atomic E-state index is 13.5. The number of hydrogen-bond acceptors (Lipinski definition) is 5. The van der Waals surface area contributed by atoms with Crippen molar-refractivity contribution in [2.45, 2.75) is 42.5 Å². The number of primary amides is 1. The number of aromatic nitrogens is 1. The van der Waals surface area contributed by atoms with Gasteiger partial charge >= 0.3 is 0 Å². The summed E-state index contributed by atoms with van der Waals surface area (Å²) in [6.07, 6.45) is 3.62. The van der Waals surface area contributed by atoms with Gasteiger partial charge in [0.25, 0.3) is 10.0 Å². The van der Waals surface area contributed by atoms with E-state index in [2.05, 4.69) is 40.6 Å². The zero-order valence-corrected chi connectivity index (χ0v) is 24.9. The van der Waals surface area contributed by atoms with Gasteiger partial charge in [-0.05, 0) is 70.8 Å². The second kappa shape index (κ2) is 12.2. The summed E-state index contributed by atoms with van der Waals surface area (Å²) in [5, 5.41) is 4.47. The number of amides is 1. The van der Waals surface area contributed by atoms with E-state index in [9.17, 15) is 13.2 Å². The van der Waals surface area contributed by atoms with E-state index in [4.69, 9.17) is 5.73 Å². The van der Waals surface area contributed by atoms with E-state index in [1.807, 2.05) is 54.7 Å². The van der Waals surface area contributed by atoms with Gasteiger partial charge in [-0.2, -0.15) is 4.31 Å². The third-order valence-electron chi connectivity index (χ3n) is 7.97. The number of carbonyl (C=O) groups excluding carboxylic acids is 1. The van der Waals surface area contributed by atoms with Gasteiger partial charge in [0.15, 0.2) is 0 Å². The molecule has 1 saturated heterocycles. The largest absolute Gasteiger partial charge is 0.369 e. The molecule has 4 N–H and O–H groups in total. The van der Waals surface area contributed by atoms with Crippen LogP contribution >= 0.6 is 11.3 Å². The molecule has 0 radical (unpaired) electrons. The van der Waals surface area contributed by atoms with E-state index in [0.717, 1.165) is 57.4 Å². The van der Waals surface area contributed by atoms with Gasteiger partial charge in [0.2, 0.25) is 5.91 Å². The molecule has 216 valence electrons. The Morgan fingerprint density at radius 2 is 1.64 bits per heavy atom. The van der Waals surface area contributed by atoms with Gasteiger partial charge in [0.05, 0.1) is 6.42 Å². The Morgan fingerprint density at radius 3 is 2.36 bits per heavy atom. The number of hydrogen-bond donors (Lipinski definition) is 3. The average molecular weight is 599 g/mol. The molecule has 0 bridgehead atoms. The fourth-order valence-corrected chi connectivity index (χ4v) is 8.79. The number of benzene rings is 3. The van der Waals surface area contributed by atoms with Crippen LogP contribution < -0.4 is 11.1 Å². The van der Waals surface area contributed by atoms with Crippen molar-refractivity contribution in [1.29, 1.82) is 0 Å². The lowest BCUT2D eigenvalue weighted by atomic mass is 9.88. The molecule has 1 aliphatic heterocycles. The standard InChI is InChI=1S/C33H34N4O3S2/c34-31(38)19-27-17-26(24-9-5-2-6-10-24)18-29-30(22-36-33(27)29)25-13-15-37(16-14-25)42(39,40)32-12-11-28(41-32)21-35-20-23-7-3-1-4-8-23/h1-12,17-18,22,25,35-36H,13-16,19-21H2,(H2,34,38). The van der Waals surface area contributed by atoms with Crippen molar-refractivity contribution in [3.05, 3.63) is 113 Å². The number of carbonyl (C=O) groups is 1. The lowest BCUT2D eigenvalue weighted by molar-refractivity contribution is -0.117. The van der Waals surface area contributed by atoms with Crippen LogP contribution in [0.15, 0.2) is 95.3 Å². The predicted octanol–water partition coefficient (Wildman–Crippen LogP) is 5.78. The fraction of sp³-hybridized carbons (Fsp3) is 0.242. The topological polar surface area (TPSA) is 108 Å². The Morgan fingerprint density at radius 1 is 0.929 bits per heavy atom. The van der Waals surface area contributed by atoms with Gasteiger partial charge in [-0.15, -0.1) is 11.3 Å². The Bertz CT molecular complexity index is 1790. The highest BCUT2D eigenvalue weighted by atomic mass is 32.2. The Labute approximate surface area is 250 Å². The van der Waals surface area contributed by atoms with Crippen LogP contribution in [-0.4, -0.2) is 36.7 Å². The molecule has 0 saturated carbocycles. The second-order valence-corrected chi connectivity index (χ2v) is 14.1. The lowest BCUT2D eigenvalue weighted by Crippen LogP contribution is -2.37. The first-order valence-corrected chi connectivity index (χ1v) is 16.5. The van der Waals surface area contributed by atoms with E-state index in [1.165, 1.54) is 16.9 Å². The van der Waals surface area contributed by atoms with Gasteiger partial charge in [-0.3, -0.25) is 4.79 Å². The van der Waals surface area contributed by atoms with Gasteiger partial charge < -0.3 is 16.0 Å². The molecule has 1 fully saturated rings.